The summed E-state index contributed by atoms with van der Waals surface area (Å²) in [6, 6.07) is 8.91. The van der Waals surface area contributed by atoms with Crippen molar-refractivity contribution in [3.63, 3.8) is 0 Å². The Balaban J connectivity index is 1.46. The Labute approximate surface area is 201 Å². The number of anilines is 1. The van der Waals surface area contributed by atoms with Crippen LogP contribution in [0.25, 0.3) is 10.8 Å². The average molecular weight is 455 g/mol. The van der Waals surface area contributed by atoms with Crippen LogP contribution in [0.1, 0.15) is 120 Å². The number of fused-ring (bicyclic) bond motifs is 1. The van der Waals surface area contributed by atoms with Gasteiger partial charge in [0.2, 0.25) is 0 Å². The van der Waals surface area contributed by atoms with Crippen LogP contribution in [0, 0.1) is 0 Å². The van der Waals surface area contributed by atoms with E-state index in [0.717, 1.165) is 18.2 Å². The van der Waals surface area contributed by atoms with E-state index < -0.39 is 0 Å². The van der Waals surface area contributed by atoms with Gasteiger partial charge in [0.15, 0.2) is 0 Å². The summed E-state index contributed by atoms with van der Waals surface area (Å²) in [5, 5.41) is 14.8. The van der Waals surface area contributed by atoms with Crippen LogP contribution < -0.4 is 11.1 Å². The van der Waals surface area contributed by atoms with Gasteiger partial charge in [-0.2, -0.15) is 0 Å². The zero-order chi connectivity index (χ0) is 23.7. The first-order valence-corrected chi connectivity index (χ1v) is 13.4. The van der Waals surface area contributed by atoms with E-state index in [1.54, 1.807) is 12.1 Å². The van der Waals surface area contributed by atoms with Gasteiger partial charge in [-0.25, -0.2) is 0 Å². The van der Waals surface area contributed by atoms with Gasteiger partial charge in [-0.05, 0) is 12.5 Å². The van der Waals surface area contributed by atoms with E-state index in [0.29, 0.717) is 17.6 Å². The van der Waals surface area contributed by atoms with E-state index in [-0.39, 0.29) is 17.2 Å². The maximum atomic E-state index is 12.5. The van der Waals surface area contributed by atoms with Crippen LogP contribution in [0.3, 0.4) is 0 Å². The number of unbranched alkanes of at least 4 members (excludes halogenated alkanes) is 15. The molecule has 0 aromatic heterocycles. The molecule has 0 fully saturated rings. The molecule has 0 unspecified atom stereocenters. The van der Waals surface area contributed by atoms with Crippen LogP contribution in [0.15, 0.2) is 30.3 Å². The number of nitrogen functional groups attached to an aromatic ring is 1. The first-order chi connectivity index (χ1) is 16.1. The van der Waals surface area contributed by atoms with Crippen molar-refractivity contribution in [3.8, 4) is 5.75 Å². The molecule has 4 heteroatoms. The number of carbonyl (C=O) groups is 1. The Morgan fingerprint density at radius 3 is 1.73 bits per heavy atom. The molecule has 184 valence electrons. The fraction of sp³-hybridized carbons (Fsp3) is 0.621. The zero-order valence-corrected chi connectivity index (χ0v) is 20.8. The third-order valence-electron chi connectivity index (χ3n) is 6.61. The Morgan fingerprint density at radius 2 is 1.21 bits per heavy atom. The summed E-state index contributed by atoms with van der Waals surface area (Å²) < 4.78 is 0. The van der Waals surface area contributed by atoms with Gasteiger partial charge < -0.3 is 16.2 Å². The summed E-state index contributed by atoms with van der Waals surface area (Å²) in [7, 11) is 0. The van der Waals surface area contributed by atoms with Gasteiger partial charge in [0.05, 0.1) is 5.56 Å². The normalized spacial score (nSPS) is 11.2. The van der Waals surface area contributed by atoms with Crippen molar-refractivity contribution in [1.82, 2.24) is 5.32 Å². The standard InChI is InChI=1S/C29H46N2O2/c1-2-3-4-5-6-7-8-9-10-11-12-13-14-15-16-19-22-31-29(33)26-23-27(30)24-20-17-18-21-25(24)28(26)32/h17-18,20-21,23,32H,2-16,19,22,30H2,1H3,(H,31,33). The number of rotatable bonds is 18. The lowest BCUT2D eigenvalue weighted by molar-refractivity contribution is 0.0950. The molecule has 2 rings (SSSR count). The van der Waals surface area contributed by atoms with Crippen molar-refractivity contribution in [2.75, 3.05) is 12.3 Å². The molecule has 2 aromatic carbocycles. The number of carbonyl (C=O) groups excluding carboxylic acids is 1. The number of aromatic hydroxyl groups is 1. The molecule has 4 nitrogen and oxygen atoms in total. The van der Waals surface area contributed by atoms with Crippen LogP contribution in [-0.4, -0.2) is 17.6 Å². The summed E-state index contributed by atoms with van der Waals surface area (Å²) in [5.41, 5.74) is 6.83. The quantitative estimate of drug-likeness (QED) is 0.121. The van der Waals surface area contributed by atoms with Crippen LogP contribution >= 0.6 is 0 Å². The van der Waals surface area contributed by atoms with Crippen molar-refractivity contribution in [2.45, 2.75) is 110 Å². The predicted octanol–water partition coefficient (Wildman–Crippen LogP) is 8.12. The highest BCUT2D eigenvalue weighted by molar-refractivity contribution is 6.07. The summed E-state index contributed by atoms with van der Waals surface area (Å²) in [6.45, 7) is 2.90. The molecule has 33 heavy (non-hydrogen) atoms. The molecule has 0 bridgehead atoms. The number of nitrogens with two attached hydrogens (primary N) is 1. The average Bonchev–Trinajstić information content (AvgIpc) is 2.83. The van der Waals surface area contributed by atoms with E-state index in [1.165, 1.54) is 89.9 Å². The van der Waals surface area contributed by atoms with Gasteiger partial charge in [0.25, 0.3) is 5.91 Å². The highest BCUT2D eigenvalue weighted by Crippen LogP contribution is 2.33. The van der Waals surface area contributed by atoms with E-state index >= 15 is 0 Å². The van der Waals surface area contributed by atoms with Gasteiger partial charge in [-0.15, -0.1) is 0 Å². The largest absolute Gasteiger partial charge is 0.506 e. The summed E-state index contributed by atoms with van der Waals surface area (Å²) in [4.78, 5) is 12.5. The molecular weight excluding hydrogens is 408 g/mol. The number of hydrogen-bond donors (Lipinski definition) is 3. The minimum atomic E-state index is -0.258. The van der Waals surface area contributed by atoms with Crippen LogP contribution in [0.2, 0.25) is 0 Å². The first-order valence-electron chi connectivity index (χ1n) is 13.4. The molecule has 4 N–H and O–H groups in total. The summed E-state index contributed by atoms with van der Waals surface area (Å²) >= 11 is 0. The number of benzene rings is 2. The van der Waals surface area contributed by atoms with Crippen molar-refractivity contribution in [2.24, 2.45) is 0 Å². The zero-order valence-electron chi connectivity index (χ0n) is 20.8. The second kappa shape index (κ2) is 16.4. The third-order valence-corrected chi connectivity index (χ3v) is 6.61. The monoisotopic (exact) mass is 454 g/mol. The molecule has 0 aliphatic carbocycles. The summed E-state index contributed by atoms with van der Waals surface area (Å²) in [5.74, 6) is -0.254. The van der Waals surface area contributed by atoms with E-state index in [2.05, 4.69) is 12.2 Å². The van der Waals surface area contributed by atoms with Crippen molar-refractivity contribution in [1.29, 1.82) is 0 Å². The molecular formula is C29H46N2O2. The highest BCUT2D eigenvalue weighted by atomic mass is 16.3. The van der Waals surface area contributed by atoms with E-state index in [9.17, 15) is 9.90 Å². The van der Waals surface area contributed by atoms with Crippen LogP contribution in [0.4, 0.5) is 5.69 Å². The van der Waals surface area contributed by atoms with Crippen LogP contribution in [0.5, 0.6) is 5.75 Å². The number of phenolic OH excluding ortho intramolecular Hbond substituents is 1. The van der Waals surface area contributed by atoms with Gasteiger partial charge in [-0.1, -0.05) is 128 Å². The second-order valence-electron chi connectivity index (χ2n) is 9.47. The molecule has 2 aromatic rings. The smallest absolute Gasteiger partial charge is 0.255 e. The minimum Gasteiger partial charge on any atom is -0.506 e. The lowest BCUT2D eigenvalue weighted by Gasteiger charge is -2.11. The van der Waals surface area contributed by atoms with Crippen molar-refractivity contribution < 1.29 is 9.90 Å². The topological polar surface area (TPSA) is 75.4 Å². The fourth-order valence-electron chi connectivity index (χ4n) is 4.53. The Kier molecular flexibility index (Phi) is 13.4. The maximum absolute atomic E-state index is 12.5. The van der Waals surface area contributed by atoms with Gasteiger partial charge in [-0.3, -0.25) is 4.79 Å². The number of hydrogen-bond acceptors (Lipinski definition) is 3. The minimum absolute atomic E-state index is 0.00396. The number of nitrogens with one attached hydrogen (secondary N) is 1. The highest BCUT2D eigenvalue weighted by Gasteiger charge is 2.15. The SMILES string of the molecule is CCCCCCCCCCCCCCCCCCNC(=O)c1cc(N)c2ccccc2c1O. The Morgan fingerprint density at radius 1 is 0.758 bits per heavy atom. The Hall–Kier alpha value is -2.23. The molecule has 0 aliphatic rings. The molecule has 1 amide bonds. The van der Waals surface area contributed by atoms with Crippen molar-refractivity contribution >= 4 is 22.4 Å². The lowest BCUT2D eigenvalue weighted by Crippen LogP contribution is -2.24. The predicted molar refractivity (Wildman–Crippen MR) is 142 cm³/mol. The van der Waals surface area contributed by atoms with E-state index in [4.69, 9.17) is 5.73 Å². The fourth-order valence-corrected chi connectivity index (χ4v) is 4.53. The molecule has 0 heterocycles. The molecule has 0 spiro atoms. The van der Waals surface area contributed by atoms with E-state index in [1.807, 2.05) is 18.2 Å². The molecule has 0 radical (unpaired) electrons. The molecule has 0 saturated carbocycles. The molecule has 0 atom stereocenters. The second-order valence-corrected chi connectivity index (χ2v) is 9.47. The molecule has 0 aliphatic heterocycles. The number of amides is 1. The number of phenols is 1. The first kappa shape index (κ1) is 27.0. The molecule has 0 saturated heterocycles. The van der Waals surface area contributed by atoms with Gasteiger partial charge >= 0.3 is 0 Å². The maximum Gasteiger partial charge on any atom is 0.255 e. The van der Waals surface area contributed by atoms with Gasteiger partial charge in [0, 0.05) is 23.0 Å². The lowest BCUT2D eigenvalue weighted by atomic mass is 10.0. The van der Waals surface area contributed by atoms with Crippen LogP contribution in [-0.2, 0) is 0 Å². The van der Waals surface area contributed by atoms with Gasteiger partial charge in [0.1, 0.15) is 5.75 Å². The van der Waals surface area contributed by atoms with Crippen molar-refractivity contribution in [3.05, 3.63) is 35.9 Å². The Bertz CT molecular complexity index is 819. The summed E-state index contributed by atoms with van der Waals surface area (Å²) in [6.07, 6.45) is 21.3. The third kappa shape index (κ3) is 10.1.